The van der Waals surface area contributed by atoms with Crippen LogP contribution >= 0.6 is 23.2 Å². The Bertz CT molecular complexity index is 1510. The Labute approximate surface area is 295 Å². The van der Waals surface area contributed by atoms with E-state index in [-0.39, 0.29) is 41.1 Å². The van der Waals surface area contributed by atoms with Gasteiger partial charge in [-0.05, 0) is 79.3 Å². The Morgan fingerprint density at radius 3 is 2.17 bits per heavy atom. The van der Waals surface area contributed by atoms with Crippen molar-refractivity contribution in [1.82, 2.24) is 20.7 Å². The fraction of sp³-hybridized carbons (Fsp3) is 0.528. The van der Waals surface area contributed by atoms with Crippen LogP contribution < -0.4 is 16.7 Å². The largest absolute Gasteiger partial charge is 0.345 e. The molecule has 0 saturated carbocycles. The van der Waals surface area contributed by atoms with Crippen molar-refractivity contribution in [2.45, 2.75) is 85.4 Å². The summed E-state index contributed by atoms with van der Waals surface area (Å²) >= 11 is 12.8. The second-order valence-electron chi connectivity index (χ2n) is 15.2. The van der Waals surface area contributed by atoms with Crippen LogP contribution in [0.25, 0.3) is 0 Å². The van der Waals surface area contributed by atoms with Gasteiger partial charge in [0.2, 0.25) is 0 Å². The van der Waals surface area contributed by atoms with Crippen molar-refractivity contribution < 1.29 is 9.59 Å². The number of nitrogens with one attached hydrogen (secondary N) is 2. The summed E-state index contributed by atoms with van der Waals surface area (Å²) in [6, 6.07) is 12.4. The van der Waals surface area contributed by atoms with Gasteiger partial charge in [-0.3, -0.25) is 14.6 Å². The number of amides is 2. The molecule has 1 spiro atoms. The van der Waals surface area contributed by atoms with E-state index >= 15 is 0 Å². The lowest BCUT2D eigenvalue weighted by Crippen LogP contribution is -2.55. The number of likely N-dealkylation sites (tertiary alicyclic amines) is 1. The van der Waals surface area contributed by atoms with Gasteiger partial charge in [-0.15, -0.1) is 5.10 Å². The molecule has 2 heterocycles. The van der Waals surface area contributed by atoms with Crippen LogP contribution in [-0.4, -0.2) is 71.7 Å². The minimum Gasteiger partial charge on any atom is -0.345 e. The maximum Gasteiger partial charge on any atom is 0.275 e. The number of nitrogens with zero attached hydrogens (tertiary/aromatic N) is 5. The van der Waals surface area contributed by atoms with Gasteiger partial charge in [0.25, 0.3) is 11.8 Å². The topological polar surface area (TPSA) is 128 Å². The number of hydrogen-bond acceptors (Lipinski definition) is 7. The number of hydrazone groups is 1. The average Bonchev–Trinajstić information content (AvgIpc) is 3.29. The second-order valence-corrected chi connectivity index (χ2v) is 16.0. The van der Waals surface area contributed by atoms with Crippen LogP contribution in [0, 0.1) is 10.8 Å². The highest BCUT2D eigenvalue weighted by atomic mass is 35.5. The maximum absolute atomic E-state index is 14.7. The van der Waals surface area contributed by atoms with Gasteiger partial charge in [0, 0.05) is 47.1 Å². The Kier molecular flexibility index (Phi) is 12.1. The molecule has 10 nitrogen and oxygen atoms in total. The normalized spacial score (nSPS) is 17.8. The molecule has 0 aliphatic carbocycles. The first kappa shape index (κ1) is 37.5. The zero-order chi connectivity index (χ0) is 35.3. The minimum absolute atomic E-state index is 0.0331. The molecule has 4 N–H and O–H groups in total. The molecule has 0 aromatic heterocycles. The van der Waals surface area contributed by atoms with E-state index in [0.29, 0.717) is 39.7 Å². The molecular weight excluding hydrogens is 647 g/mol. The number of nitrogens with two attached hydrogens (primary N) is 1. The predicted octanol–water partition coefficient (Wildman–Crippen LogP) is 6.63. The number of hydrogen-bond donors (Lipinski definition) is 3. The maximum atomic E-state index is 14.7. The average molecular weight is 698 g/mol. The van der Waals surface area contributed by atoms with E-state index in [2.05, 4.69) is 74.1 Å². The Balaban J connectivity index is 1.70. The third kappa shape index (κ3) is 9.65. The lowest BCUT2D eigenvalue weighted by molar-refractivity contribution is -0.133. The Morgan fingerprint density at radius 2 is 1.62 bits per heavy atom. The number of carbonyl (C=O) groups is 2. The first-order chi connectivity index (χ1) is 22.5. The van der Waals surface area contributed by atoms with Gasteiger partial charge in [0.05, 0.1) is 12.6 Å². The van der Waals surface area contributed by atoms with Crippen LogP contribution in [0.4, 0.5) is 0 Å². The molecule has 4 rings (SSSR count). The molecule has 1 saturated heterocycles. The molecule has 2 aromatic carbocycles. The van der Waals surface area contributed by atoms with Gasteiger partial charge < -0.3 is 15.1 Å². The van der Waals surface area contributed by atoms with Gasteiger partial charge in [0.15, 0.2) is 5.84 Å². The summed E-state index contributed by atoms with van der Waals surface area (Å²) in [5.74, 6) is 5.07. The summed E-state index contributed by atoms with van der Waals surface area (Å²) < 4.78 is 0. The van der Waals surface area contributed by atoms with Crippen molar-refractivity contribution in [3.8, 4) is 0 Å². The summed E-state index contributed by atoms with van der Waals surface area (Å²) in [5.41, 5.74) is 4.14. The lowest BCUT2D eigenvalue weighted by atomic mass is 9.84. The lowest BCUT2D eigenvalue weighted by Gasteiger charge is -2.47. The number of amidine groups is 1. The SMILES string of the molecule is C=N/C(CNC(=O)c1ccc([C@@H](CCC(C)(C)C)N2C(=O)C(c3cc(Cl)cc(Cl)c3)=NC23CCN(CCC(C)(C)C)CC3)cc1)=N\NN. The molecule has 12 heteroatoms. The van der Waals surface area contributed by atoms with E-state index in [1.807, 2.05) is 17.0 Å². The fourth-order valence-corrected chi connectivity index (χ4v) is 6.77. The van der Waals surface area contributed by atoms with E-state index in [1.165, 1.54) is 0 Å². The molecule has 2 aliphatic rings. The molecule has 0 bridgehead atoms. The number of hydrazine groups is 1. The fourth-order valence-electron chi connectivity index (χ4n) is 6.24. The Morgan fingerprint density at radius 1 is 1.02 bits per heavy atom. The van der Waals surface area contributed by atoms with Crippen LogP contribution in [0.1, 0.15) is 101 Å². The van der Waals surface area contributed by atoms with Crippen molar-refractivity contribution >= 4 is 53.3 Å². The van der Waals surface area contributed by atoms with Crippen molar-refractivity contribution in [1.29, 1.82) is 0 Å². The van der Waals surface area contributed by atoms with Gasteiger partial charge in [0.1, 0.15) is 11.4 Å². The van der Waals surface area contributed by atoms with E-state index in [1.54, 1.807) is 30.3 Å². The van der Waals surface area contributed by atoms with Crippen LogP contribution in [0.3, 0.4) is 0 Å². The highest BCUT2D eigenvalue weighted by Crippen LogP contribution is 2.45. The minimum atomic E-state index is -0.720. The standard InChI is InChI=1S/C36H50Cl2N8O2/c1-34(2,3)13-12-29(24-8-10-25(11-9-24)32(47)41-23-30(40-7)43-44-39)46-33(48)31(26-20-27(37)22-28(38)21-26)42-36(46)15-18-45(19-16-36)17-14-35(4,5)6/h8-11,20-22,29,44H,7,12-19,23,39H2,1-6H3,(H,41,47)/b43-30-/t29-/m1/s1. The number of carbonyl (C=O) groups excluding carboxylic acids is 2. The van der Waals surface area contributed by atoms with Crippen molar-refractivity contribution in [3.63, 3.8) is 0 Å². The van der Waals surface area contributed by atoms with Crippen molar-refractivity contribution in [2.24, 2.45) is 31.8 Å². The summed E-state index contributed by atoms with van der Waals surface area (Å²) in [4.78, 5) is 41.2. The summed E-state index contributed by atoms with van der Waals surface area (Å²) in [6.07, 6.45) is 4.13. The van der Waals surface area contributed by atoms with E-state index in [9.17, 15) is 9.59 Å². The molecule has 1 atom stereocenters. The molecule has 260 valence electrons. The van der Waals surface area contributed by atoms with Gasteiger partial charge in [-0.25, -0.2) is 16.4 Å². The number of rotatable bonds is 11. The molecular formula is C36H50Cl2N8O2. The zero-order valence-electron chi connectivity index (χ0n) is 29.1. The first-order valence-corrected chi connectivity index (χ1v) is 17.3. The molecule has 2 aliphatic heterocycles. The monoisotopic (exact) mass is 696 g/mol. The van der Waals surface area contributed by atoms with Gasteiger partial charge in [-0.1, -0.05) is 76.9 Å². The number of piperidine rings is 1. The van der Waals surface area contributed by atoms with Crippen LogP contribution in [0.5, 0.6) is 0 Å². The molecule has 0 radical (unpaired) electrons. The summed E-state index contributed by atoms with van der Waals surface area (Å²) in [6.45, 7) is 19.6. The summed E-state index contributed by atoms with van der Waals surface area (Å²) in [7, 11) is 0. The van der Waals surface area contributed by atoms with Crippen molar-refractivity contribution in [3.05, 3.63) is 69.2 Å². The van der Waals surface area contributed by atoms with Crippen molar-refractivity contribution in [2.75, 3.05) is 26.2 Å². The Hall–Kier alpha value is -3.31. The molecule has 0 unspecified atom stereocenters. The quantitative estimate of drug-likeness (QED) is 0.105. The summed E-state index contributed by atoms with van der Waals surface area (Å²) in [5, 5.41) is 7.47. The number of halogens is 2. The predicted molar refractivity (Wildman–Crippen MR) is 197 cm³/mol. The van der Waals surface area contributed by atoms with Crippen LogP contribution in [-0.2, 0) is 4.79 Å². The number of benzene rings is 2. The highest BCUT2D eigenvalue weighted by Gasteiger charge is 2.52. The van der Waals surface area contributed by atoms with Gasteiger partial charge in [-0.2, -0.15) is 0 Å². The molecule has 48 heavy (non-hydrogen) atoms. The zero-order valence-corrected chi connectivity index (χ0v) is 30.6. The second kappa shape index (κ2) is 15.5. The van der Waals surface area contributed by atoms with E-state index < -0.39 is 5.66 Å². The third-order valence-electron chi connectivity index (χ3n) is 8.98. The molecule has 2 amide bonds. The smallest absolute Gasteiger partial charge is 0.275 e. The molecule has 1 fully saturated rings. The highest BCUT2D eigenvalue weighted by molar-refractivity contribution is 6.47. The molecule has 2 aromatic rings. The first-order valence-electron chi connectivity index (χ1n) is 16.5. The van der Waals surface area contributed by atoms with Crippen LogP contribution in [0.2, 0.25) is 10.0 Å². The van der Waals surface area contributed by atoms with E-state index in [4.69, 9.17) is 34.0 Å². The van der Waals surface area contributed by atoms with Gasteiger partial charge >= 0.3 is 0 Å². The van der Waals surface area contributed by atoms with Crippen LogP contribution in [0.15, 0.2) is 57.6 Å². The van der Waals surface area contributed by atoms with E-state index in [0.717, 1.165) is 44.5 Å². The number of aliphatic imine (C=N–C) groups is 2. The third-order valence-corrected chi connectivity index (χ3v) is 9.42.